The van der Waals surface area contributed by atoms with Crippen LogP contribution in [0.2, 0.25) is 0 Å². The number of carbonyl (C=O) groups excluding carboxylic acids is 1. The number of hydrogen-bond donors (Lipinski definition) is 3. The summed E-state index contributed by atoms with van der Waals surface area (Å²) in [6, 6.07) is 5.63. The van der Waals surface area contributed by atoms with Crippen LogP contribution in [0.25, 0.3) is 0 Å². The van der Waals surface area contributed by atoms with Gasteiger partial charge < -0.3 is 10.4 Å². The van der Waals surface area contributed by atoms with E-state index in [0.29, 0.717) is 31.5 Å². The van der Waals surface area contributed by atoms with Crippen LogP contribution in [-0.2, 0) is 14.8 Å². The fourth-order valence-electron chi connectivity index (χ4n) is 1.76. The maximum atomic E-state index is 11.8. The highest BCUT2D eigenvalue weighted by Crippen LogP contribution is 2.10. The Hall–Kier alpha value is -1.93. The van der Waals surface area contributed by atoms with E-state index < -0.39 is 16.0 Å². The predicted molar refractivity (Wildman–Crippen MR) is 81.1 cm³/mol. The highest BCUT2D eigenvalue weighted by molar-refractivity contribution is 7.89. The van der Waals surface area contributed by atoms with Crippen molar-refractivity contribution < 1.29 is 23.1 Å². The van der Waals surface area contributed by atoms with Crippen LogP contribution in [0.3, 0.4) is 0 Å². The number of benzene rings is 1. The van der Waals surface area contributed by atoms with Gasteiger partial charge in [-0.25, -0.2) is 13.1 Å². The number of aliphatic carboxylic acids is 1. The smallest absolute Gasteiger partial charge is 0.303 e. The molecule has 0 saturated heterocycles. The van der Waals surface area contributed by atoms with E-state index in [2.05, 4.69) is 10.0 Å². The molecule has 8 heteroatoms. The molecule has 0 unspecified atom stereocenters. The third-order valence-electron chi connectivity index (χ3n) is 2.86. The van der Waals surface area contributed by atoms with Gasteiger partial charge in [-0.15, -0.1) is 0 Å². The maximum absolute atomic E-state index is 11.8. The van der Waals surface area contributed by atoms with Gasteiger partial charge in [0.2, 0.25) is 10.0 Å². The van der Waals surface area contributed by atoms with E-state index in [1.54, 1.807) is 6.92 Å². The highest BCUT2D eigenvalue weighted by atomic mass is 32.2. The van der Waals surface area contributed by atoms with E-state index in [-0.39, 0.29) is 17.2 Å². The van der Waals surface area contributed by atoms with E-state index in [4.69, 9.17) is 5.11 Å². The molecule has 0 aliphatic carbocycles. The summed E-state index contributed by atoms with van der Waals surface area (Å²) in [5.74, 6) is -1.17. The molecule has 122 valence electrons. The van der Waals surface area contributed by atoms with Crippen molar-refractivity contribution in [3.63, 3.8) is 0 Å². The molecule has 1 aromatic carbocycles. The first kappa shape index (κ1) is 18.1. The minimum Gasteiger partial charge on any atom is -0.481 e. The van der Waals surface area contributed by atoms with Gasteiger partial charge in [0.1, 0.15) is 0 Å². The van der Waals surface area contributed by atoms with Crippen LogP contribution in [0.15, 0.2) is 29.2 Å². The average Bonchev–Trinajstić information content (AvgIpc) is 2.46. The summed E-state index contributed by atoms with van der Waals surface area (Å²) in [5.41, 5.74) is 0.355. The van der Waals surface area contributed by atoms with Gasteiger partial charge in [-0.2, -0.15) is 0 Å². The molecule has 0 saturated carbocycles. The molecule has 0 aromatic heterocycles. The summed E-state index contributed by atoms with van der Waals surface area (Å²) in [6.07, 6.45) is 1.15. The Morgan fingerprint density at radius 2 is 1.77 bits per heavy atom. The van der Waals surface area contributed by atoms with Gasteiger partial charge in [-0.3, -0.25) is 9.59 Å². The van der Waals surface area contributed by atoms with Gasteiger partial charge in [0.25, 0.3) is 5.91 Å². The number of carbonyl (C=O) groups is 2. The number of carboxylic acid groups (broad SMARTS) is 1. The first-order valence-electron chi connectivity index (χ1n) is 6.96. The molecule has 0 radical (unpaired) electrons. The van der Waals surface area contributed by atoms with Crippen LogP contribution >= 0.6 is 0 Å². The van der Waals surface area contributed by atoms with Crippen molar-refractivity contribution in [1.82, 2.24) is 10.0 Å². The summed E-state index contributed by atoms with van der Waals surface area (Å²) in [5, 5.41) is 11.1. The lowest BCUT2D eigenvalue weighted by atomic mass is 10.2. The Morgan fingerprint density at radius 3 is 2.32 bits per heavy atom. The van der Waals surface area contributed by atoms with E-state index in [9.17, 15) is 18.0 Å². The first-order chi connectivity index (χ1) is 10.4. The number of sulfonamides is 1. The third-order valence-corrected chi connectivity index (χ3v) is 4.43. The van der Waals surface area contributed by atoms with Crippen molar-refractivity contribution in [1.29, 1.82) is 0 Å². The summed E-state index contributed by atoms with van der Waals surface area (Å²) in [7, 11) is -3.52. The van der Waals surface area contributed by atoms with Crippen LogP contribution in [0.1, 0.15) is 36.5 Å². The first-order valence-corrected chi connectivity index (χ1v) is 8.45. The van der Waals surface area contributed by atoms with Gasteiger partial charge in [-0.05, 0) is 37.1 Å². The Kier molecular flexibility index (Phi) is 7.00. The van der Waals surface area contributed by atoms with Gasteiger partial charge in [-0.1, -0.05) is 6.92 Å². The standard InChI is InChI=1S/C14H20N2O5S/c1-2-16-22(20,21)12-8-6-11(7-9-12)14(19)15-10-4-3-5-13(17)18/h6-9,16H,2-5,10H2,1H3,(H,15,19)(H,17,18). The molecule has 1 aromatic rings. The summed E-state index contributed by atoms with van der Waals surface area (Å²) >= 11 is 0. The second-order valence-corrected chi connectivity index (χ2v) is 6.40. The molecule has 0 atom stereocenters. The Balaban J connectivity index is 2.52. The Morgan fingerprint density at radius 1 is 1.14 bits per heavy atom. The molecule has 7 nitrogen and oxygen atoms in total. The van der Waals surface area contributed by atoms with Gasteiger partial charge in [0.15, 0.2) is 0 Å². The summed E-state index contributed by atoms with van der Waals surface area (Å²) in [4.78, 5) is 22.3. The molecule has 22 heavy (non-hydrogen) atoms. The molecule has 0 spiro atoms. The van der Waals surface area contributed by atoms with E-state index >= 15 is 0 Å². The number of amides is 1. The lowest BCUT2D eigenvalue weighted by Crippen LogP contribution is -2.25. The number of hydrogen-bond acceptors (Lipinski definition) is 4. The fraction of sp³-hybridized carbons (Fsp3) is 0.429. The topological polar surface area (TPSA) is 113 Å². The van der Waals surface area contributed by atoms with Crippen LogP contribution in [0.4, 0.5) is 0 Å². The van der Waals surface area contributed by atoms with Gasteiger partial charge in [0, 0.05) is 25.1 Å². The lowest BCUT2D eigenvalue weighted by Gasteiger charge is -2.07. The van der Waals surface area contributed by atoms with Crippen LogP contribution in [0.5, 0.6) is 0 Å². The highest BCUT2D eigenvalue weighted by Gasteiger charge is 2.13. The van der Waals surface area contributed by atoms with Crippen molar-refractivity contribution in [2.75, 3.05) is 13.1 Å². The molecule has 1 amide bonds. The largest absolute Gasteiger partial charge is 0.481 e. The molecule has 0 heterocycles. The quantitative estimate of drug-likeness (QED) is 0.585. The van der Waals surface area contributed by atoms with Crippen molar-refractivity contribution >= 4 is 21.9 Å². The van der Waals surface area contributed by atoms with Crippen molar-refractivity contribution in [2.45, 2.75) is 31.1 Å². The number of carboxylic acids is 1. The number of nitrogens with one attached hydrogen (secondary N) is 2. The van der Waals surface area contributed by atoms with Crippen molar-refractivity contribution in [2.24, 2.45) is 0 Å². The van der Waals surface area contributed by atoms with Crippen LogP contribution in [0, 0.1) is 0 Å². The van der Waals surface area contributed by atoms with E-state index in [1.165, 1.54) is 24.3 Å². The average molecular weight is 328 g/mol. The minimum atomic E-state index is -3.52. The van der Waals surface area contributed by atoms with E-state index in [0.717, 1.165) is 0 Å². The van der Waals surface area contributed by atoms with Gasteiger partial charge in [0.05, 0.1) is 4.90 Å². The normalized spacial score (nSPS) is 11.1. The summed E-state index contributed by atoms with van der Waals surface area (Å²) in [6.45, 7) is 2.36. The minimum absolute atomic E-state index is 0.0762. The Labute approximate surface area is 129 Å². The van der Waals surface area contributed by atoms with E-state index in [1.807, 2.05) is 0 Å². The molecule has 0 aliphatic heterocycles. The maximum Gasteiger partial charge on any atom is 0.303 e. The summed E-state index contributed by atoms with van der Waals surface area (Å²) < 4.78 is 25.9. The van der Waals surface area contributed by atoms with Crippen molar-refractivity contribution in [3.05, 3.63) is 29.8 Å². The van der Waals surface area contributed by atoms with Crippen molar-refractivity contribution in [3.8, 4) is 0 Å². The molecule has 0 fully saturated rings. The third kappa shape index (κ3) is 5.82. The second-order valence-electron chi connectivity index (χ2n) is 4.63. The SMILES string of the molecule is CCNS(=O)(=O)c1ccc(C(=O)NCCCCC(=O)O)cc1. The number of rotatable bonds is 9. The molecular weight excluding hydrogens is 308 g/mol. The van der Waals surface area contributed by atoms with Crippen LogP contribution in [-0.4, -0.2) is 38.5 Å². The molecule has 0 aliphatic rings. The Bertz CT molecular complexity index is 611. The second kappa shape index (κ2) is 8.50. The zero-order valence-corrected chi connectivity index (χ0v) is 13.1. The molecule has 0 bridgehead atoms. The molecule has 1 rings (SSSR count). The fourth-order valence-corrected chi connectivity index (χ4v) is 2.81. The predicted octanol–water partition coefficient (Wildman–Crippen LogP) is 0.969. The monoisotopic (exact) mass is 328 g/mol. The molecular formula is C14H20N2O5S. The lowest BCUT2D eigenvalue weighted by molar-refractivity contribution is -0.137. The zero-order valence-electron chi connectivity index (χ0n) is 12.3. The number of unbranched alkanes of at least 4 members (excludes halogenated alkanes) is 1. The van der Waals surface area contributed by atoms with Gasteiger partial charge >= 0.3 is 5.97 Å². The van der Waals surface area contributed by atoms with Crippen LogP contribution < -0.4 is 10.0 Å². The molecule has 3 N–H and O–H groups in total. The zero-order chi connectivity index (χ0) is 16.6.